The fraction of sp³-hybridized carbons (Fsp3) is 0.273. The number of ether oxygens (including phenoxy) is 1. The zero-order valence-corrected chi connectivity index (χ0v) is 9.39. The summed E-state index contributed by atoms with van der Waals surface area (Å²) in [6.07, 6.45) is 1.83. The normalized spacial score (nSPS) is 17.7. The number of rotatable bonds is 4. The smallest absolute Gasteiger partial charge is 0.270 e. The van der Waals surface area contributed by atoms with E-state index in [1.54, 1.807) is 23.1 Å². The first-order valence-corrected chi connectivity index (χ1v) is 5.48. The number of nitro benzene ring substituents is 1. The Morgan fingerprint density at radius 3 is 3.11 bits per heavy atom. The zero-order valence-electron chi connectivity index (χ0n) is 9.39. The largest absolute Gasteiger partial charge is 0.371 e. The highest BCUT2D eigenvalue weighted by molar-refractivity contribution is 5.58. The molecule has 0 amide bonds. The van der Waals surface area contributed by atoms with E-state index in [1.165, 1.54) is 12.1 Å². The van der Waals surface area contributed by atoms with Gasteiger partial charge in [0.25, 0.3) is 5.69 Å². The molecule has 0 N–H and O–H groups in total. The SMILES string of the molecule is O=[N+]([O-])c1cccc(-c2ncn(C[C@H]3CO3)n2)c1. The molecule has 92 valence electrons. The van der Waals surface area contributed by atoms with Crippen LogP contribution in [0, 0.1) is 10.1 Å². The number of hydrogen-bond acceptors (Lipinski definition) is 5. The monoisotopic (exact) mass is 246 g/mol. The maximum Gasteiger partial charge on any atom is 0.270 e. The highest BCUT2D eigenvalue weighted by Crippen LogP contribution is 2.21. The van der Waals surface area contributed by atoms with Crippen LogP contribution in [0.15, 0.2) is 30.6 Å². The van der Waals surface area contributed by atoms with E-state index in [0.29, 0.717) is 17.9 Å². The Morgan fingerprint density at radius 2 is 2.39 bits per heavy atom. The van der Waals surface area contributed by atoms with E-state index in [0.717, 1.165) is 6.61 Å². The molecule has 7 nitrogen and oxygen atoms in total. The fourth-order valence-corrected chi connectivity index (χ4v) is 1.66. The number of benzene rings is 1. The standard InChI is InChI=1S/C11H10N4O3/c16-15(17)9-3-1-2-8(4-9)11-12-7-14(13-11)5-10-6-18-10/h1-4,7,10H,5-6H2/t10-/m0/s1. The van der Waals surface area contributed by atoms with Crippen molar-refractivity contribution in [1.29, 1.82) is 0 Å². The predicted octanol–water partition coefficient (Wildman–Crippen LogP) is 1.25. The van der Waals surface area contributed by atoms with Crippen molar-refractivity contribution in [3.05, 3.63) is 40.7 Å². The first-order chi connectivity index (χ1) is 8.72. The highest BCUT2D eigenvalue weighted by Gasteiger charge is 2.23. The van der Waals surface area contributed by atoms with Gasteiger partial charge in [0.1, 0.15) is 12.4 Å². The van der Waals surface area contributed by atoms with Crippen molar-refractivity contribution in [2.45, 2.75) is 12.6 Å². The van der Waals surface area contributed by atoms with Crippen LogP contribution < -0.4 is 0 Å². The highest BCUT2D eigenvalue weighted by atomic mass is 16.6. The van der Waals surface area contributed by atoms with Gasteiger partial charge in [0.2, 0.25) is 0 Å². The van der Waals surface area contributed by atoms with Crippen LogP contribution in [0.3, 0.4) is 0 Å². The summed E-state index contributed by atoms with van der Waals surface area (Å²) in [5, 5.41) is 15.0. The molecular weight excluding hydrogens is 236 g/mol. The third kappa shape index (κ3) is 2.21. The molecule has 0 unspecified atom stereocenters. The second-order valence-corrected chi connectivity index (χ2v) is 4.05. The molecule has 1 fully saturated rings. The Morgan fingerprint density at radius 1 is 1.56 bits per heavy atom. The summed E-state index contributed by atoms with van der Waals surface area (Å²) >= 11 is 0. The van der Waals surface area contributed by atoms with Crippen molar-refractivity contribution in [1.82, 2.24) is 14.8 Å². The Bertz CT molecular complexity index is 591. The Balaban J connectivity index is 1.86. The van der Waals surface area contributed by atoms with E-state index in [4.69, 9.17) is 4.74 Å². The van der Waals surface area contributed by atoms with Crippen LogP contribution in [0.4, 0.5) is 5.69 Å². The summed E-state index contributed by atoms with van der Waals surface area (Å²) in [7, 11) is 0. The minimum absolute atomic E-state index is 0.0365. The van der Waals surface area contributed by atoms with Crippen LogP contribution >= 0.6 is 0 Å². The van der Waals surface area contributed by atoms with Gasteiger partial charge in [0.15, 0.2) is 5.82 Å². The molecule has 1 aromatic heterocycles. The average molecular weight is 246 g/mol. The van der Waals surface area contributed by atoms with E-state index in [2.05, 4.69) is 10.1 Å². The second kappa shape index (κ2) is 4.19. The van der Waals surface area contributed by atoms with Gasteiger partial charge in [-0.25, -0.2) is 9.67 Å². The van der Waals surface area contributed by atoms with Gasteiger partial charge in [-0.1, -0.05) is 12.1 Å². The third-order valence-electron chi connectivity index (χ3n) is 2.64. The van der Waals surface area contributed by atoms with Gasteiger partial charge in [0.05, 0.1) is 18.1 Å². The molecule has 1 aromatic carbocycles. The van der Waals surface area contributed by atoms with Crippen LogP contribution in [0.25, 0.3) is 11.4 Å². The van der Waals surface area contributed by atoms with Gasteiger partial charge >= 0.3 is 0 Å². The molecule has 1 saturated heterocycles. The first kappa shape index (κ1) is 10.8. The van der Waals surface area contributed by atoms with Crippen molar-refractivity contribution in [2.75, 3.05) is 6.61 Å². The Hall–Kier alpha value is -2.28. The predicted molar refractivity (Wildman–Crippen MR) is 61.9 cm³/mol. The topological polar surface area (TPSA) is 86.4 Å². The van der Waals surface area contributed by atoms with Crippen LogP contribution in [-0.2, 0) is 11.3 Å². The average Bonchev–Trinajstić information content (AvgIpc) is 3.05. The molecule has 7 heteroatoms. The molecule has 2 heterocycles. The number of non-ortho nitro benzene ring substituents is 1. The Kier molecular flexibility index (Phi) is 2.52. The molecule has 1 atom stereocenters. The van der Waals surface area contributed by atoms with E-state index in [1.807, 2.05) is 0 Å². The number of epoxide rings is 1. The van der Waals surface area contributed by atoms with Gasteiger partial charge in [-0.3, -0.25) is 10.1 Å². The van der Waals surface area contributed by atoms with Crippen molar-refractivity contribution >= 4 is 5.69 Å². The summed E-state index contributed by atoms with van der Waals surface area (Å²) in [4.78, 5) is 14.4. The molecule has 0 bridgehead atoms. The quantitative estimate of drug-likeness (QED) is 0.460. The molecule has 1 aliphatic heterocycles. The molecule has 0 spiro atoms. The van der Waals surface area contributed by atoms with Crippen LogP contribution in [0.2, 0.25) is 0 Å². The number of hydrogen-bond donors (Lipinski definition) is 0. The number of nitrogens with zero attached hydrogens (tertiary/aromatic N) is 4. The Labute approximate surface area is 102 Å². The minimum Gasteiger partial charge on any atom is -0.371 e. The van der Waals surface area contributed by atoms with Crippen molar-refractivity contribution < 1.29 is 9.66 Å². The number of aromatic nitrogens is 3. The van der Waals surface area contributed by atoms with Crippen molar-refractivity contribution in [3.63, 3.8) is 0 Å². The molecule has 0 radical (unpaired) electrons. The van der Waals surface area contributed by atoms with E-state index in [9.17, 15) is 10.1 Å². The molecule has 1 aliphatic rings. The fourth-order valence-electron chi connectivity index (χ4n) is 1.66. The van der Waals surface area contributed by atoms with Gasteiger partial charge in [-0.05, 0) is 0 Å². The van der Waals surface area contributed by atoms with Crippen molar-refractivity contribution in [3.8, 4) is 11.4 Å². The summed E-state index contributed by atoms with van der Waals surface area (Å²) in [6, 6.07) is 6.28. The van der Waals surface area contributed by atoms with E-state index in [-0.39, 0.29) is 11.8 Å². The van der Waals surface area contributed by atoms with Crippen molar-refractivity contribution in [2.24, 2.45) is 0 Å². The van der Waals surface area contributed by atoms with E-state index >= 15 is 0 Å². The van der Waals surface area contributed by atoms with E-state index < -0.39 is 4.92 Å². The third-order valence-corrected chi connectivity index (χ3v) is 2.64. The zero-order chi connectivity index (χ0) is 12.5. The maximum absolute atomic E-state index is 10.7. The van der Waals surface area contributed by atoms with Crippen LogP contribution in [0.1, 0.15) is 0 Å². The lowest BCUT2D eigenvalue weighted by Gasteiger charge is -1.96. The molecule has 3 rings (SSSR count). The summed E-state index contributed by atoms with van der Waals surface area (Å²) in [5.74, 6) is 0.486. The van der Waals surface area contributed by atoms with Gasteiger partial charge < -0.3 is 4.74 Å². The lowest BCUT2D eigenvalue weighted by atomic mass is 10.2. The lowest BCUT2D eigenvalue weighted by Crippen LogP contribution is -2.04. The molecule has 0 saturated carbocycles. The van der Waals surface area contributed by atoms with Crippen LogP contribution in [-0.4, -0.2) is 32.4 Å². The lowest BCUT2D eigenvalue weighted by molar-refractivity contribution is -0.384. The molecular formula is C11H10N4O3. The molecule has 0 aliphatic carbocycles. The summed E-state index contributed by atoms with van der Waals surface area (Å²) < 4.78 is 6.79. The van der Waals surface area contributed by atoms with Crippen LogP contribution in [0.5, 0.6) is 0 Å². The summed E-state index contributed by atoms with van der Waals surface area (Å²) in [6.45, 7) is 1.42. The maximum atomic E-state index is 10.7. The van der Waals surface area contributed by atoms with Gasteiger partial charge in [0, 0.05) is 17.7 Å². The summed E-state index contributed by atoms with van der Waals surface area (Å²) in [5.41, 5.74) is 0.675. The second-order valence-electron chi connectivity index (χ2n) is 4.05. The van der Waals surface area contributed by atoms with Gasteiger partial charge in [-0.15, -0.1) is 0 Å². The molecule has 18 heavy (non-hydrogen) atoms. The number of nitro groups is 1. The minimum atomic E-state index is -0.432. The van der Waals surface area contributed by atoms with Gasteiger partial charge in [-0.2, -0.15) is 5.10 Å². The first-order valence-electron chi connectivity index (χ1n) is 5.48. The molecule has 2 aromatic rings.